The first kappa shape index (κ1) is 31.2. The first-order valence-electron chi connectivity index (χ1n) is 13.6. The summed E-state index contributed by atoms with van der Waals surface area (Å²) in [7, 11) is 0.750. The first-order valence-corrected chi connectivity index (χ1v) is 15.9. The zero-order valence-corrected chi connectivity index (χ0v) is 28.2. The first-order chi connectivity index (χ1) is 16.7. The maximum absolute atomic E-state index is 8.21. The van der Waals surface area contributed by atoms with E-state index in [9.17, 15) is 0 Å². The summed E-state index contributed by atoms with van der Waals surface area (Å²) >= 11 is 0. The number of rotatable bonds is 1. The number of hydrogen-bond donors (Lipinski definition) is 0. The minimum atomic E-state index is 0. The van der Waals surface area contributed by atoms with Crippen LogP contribution in [0.1, 0.15) is 66.2 Å². The molecule has 0 aromatic heterocycles. The van der Waals surface area contributed by atoms with Crippen molar-refractivity contribution in [1.82, 2.24) is 0 Å². The number of hydrogen-bond acceptors (Lipinski definition) is 0. The molecule has 5 aliphatic carbocycles. The van der Waals surface area contributed by atoms with Crippen LogP contribution in [0.3, 0.4) is 0 Å². The van der Waals surface area contributed by atoms with E-state index < -0.39 is 0 Å². The van der Waals surface area contributed by atoms with Crippen molar-refractivity contribution < 1.29 is 25.8 Å². The molecule has 2 aromatic carbocycles. The number of nitrogens with one attached hydrogen (secondary N) is 1. The Labute approximate surface area is 243 Å². The van der Waals surface area contributed by atoms with Crippen LogP contribution in [0.2, 0.25) is 13.1 Å². The van der Waals surface area contributed by atoms with Crippen molar-refractivity contribution in [3.63, 3.8) is 0 Å². The monoisotopic (exact) mass is 664 g/mol. The Morgan fingerprint density at radius 1 is 0.750 bits per heavy atom. The quantitative estimate of drug-likeness (QED) is 0.215. The fourth-order valence-corrected chi connectivity index (χ4v) is 6.53. The van der Waals surface area contributed by atoms with Gasteiger partial charge in [-0.25, -0.2) is 5.57 Å². The van der Waals surface area contributed by atoms with Gasteiger partial charge in [-0.1, -0.05) is 120 Å². The van der Waals surface area contributed by atoms with Crippen molar-refractivity contribution in [2.45, 2.75) is 84.9 Å². The van der Waals surface area contributed by atoms with E-state index in [0.717, 1.165) is 27.3 Å². The molecule has 1 radical (unpaired) electrons. The van der Waals surface area contributed by atoms with Gasteiger partial charge in [-0.05, 0) is 48.1 Å². The van der Waals surface area contributed by atoms with E-state index in [2.05, 4.69) is 95.4 Å². The van der Waals surface area contributed by atoms with Crippen LogP contribution in [0.4, 0.5) is 0 Å². The zero-order chi connectivity index (χ0) is 25.4. The summed E-state index contributed by atoms with van der Waals surface area (Å²) in [5.74, 6) is 3.43. The van der Waals surface area contributed by atoms with Gasteiger partial charge in [-0.2, -0.15) is 11.1 Å². The molecular weight excluding hydrogens is 617 g/mol. The molecule has 4 fully saturated rings. The third-order valence-corrected chi connectivity index (χ3v) is 8.16. The fourth-order valence-electron chi connectivity index (χ4n) is 6.53. The molecule has 4 bridgehead atoms. The van der Waals surface area contributed by atoms with Crippen LogP contribution in [-0.4, -0.2) is 15.1 Å². The second-order valence-corrected chi connectivity index (χ2v) is 12.5. The Morgan fingerprint density at radius 3 is 1.33 bits per heavy atom. The molecule has 36 heavy (non-hydrogen) atoms. The molecule has 4 saturated carbocycles. The molecule has 2 aromatic rings. The molecule has 7 rings (SSSR count). The Hall–Kier alpha value is -1.03. The molecule has 5 aliphatic rings. The minimum Gasteiger partial charge on any atom is -0.672 e. The Balaban J connectivity index is 0.000000180. The Morgan fingerprint density at radius 2 is 1.11 bits per heavy atom. The Kier molecular flexibility index (Phi) is 12.8. The molecule has 0 aliphatic heterocycles. The number of benzene rings is 2. The van der Waals surface area contributed by atoms with Gasteiger partial charge < -0.3 is 5.73 Å². The maximum atomic E-state index is 8.21. The molecular formula is C33H46HfNSi-2. The van der Waals surface area contributed by atoms with Gasteiger partial charge in [0.1, 0.15) is 0 Å². The molecule has 0 saturated heterocycles. The van der Waals surface area contributed by atoms with E-state index in [1.807, 2.05) is 12.1 Å². The Bertz CT molecular complexity index is 906. The van der Waals surface area contributed by atoms with Gasteiger partial charge in [0.2, 0.25) is 0 Å². The molecule has 1 atom stereocenters. The van der Waals surface area contributed by atoms with Gasteiger partial charge >= 0.3 is 0 Å². The van der Waals surface area contributed by atoms with Gasteiger partial charge in [0, 0.05) is 35.4 Å². The van der Waals surface area contributed by atoms with Crippen LogP contribution >= 0.6 is 0 Å². The molecule has 0 amide bonds. The maximum Gasteiger partial charge on any atom is 0.0213 e. The van der Waals surface area contributed by atoms with Crippen molar-refractivity contribution in [2.75, 3.05) is 0 Å². The minimum absolute atomic E-state index is 0. The average molecular weight is 663 g/mol. The van der Waals surface area contributed by atoms with Crippen LogP contribution < -0.4 is 0 Å². The molecule has 0 heterocycles. The molecule has 1 nitrogen and oxygen atoms in total. The molecule has 0 spiro atoms. The summed E-state index contributed by atoms with van der Waals surface area (Å²) in [5, 5.41) is 0. The topological polar surface area (TPSA) is 23.8 Å². The number of allylic oxidation sites excluding steroid dienone is 4. The summed E-state index contributed by atoms with van der Waals surface area (Å²) in [6.45, 7) is 13.1. The standard InChI is InChI=1S/C12H10.C10H16N.C9H13.C2H7Si.Hf/c1-3-7-11(8-4-1)12-9-5-2-6-10-12;11-10-4-7-1-8(5-10)3-9(2-7)6-10;1-6-5-7(2)9(4)8(6)3;1-3-2;/h1-10H;7-9,11H,1-6H2;6H,1-4H3;3H,1-2H3;/q;2*-1;;. The van der Waals surface area contributed by atoms with E-state index in [0.29, 0.717) is 5.92 Å². The summed E-state index contributed by atoms with van der Waals surface area (Å²) in [6.07, 6.45) is 11.5. The van der Waals surface area contributed by atoms with E-state index in [-0.39, 0.29) is 31.4 Å². The fraction of sp³-hybridized carbons (Fsp3) is 0.515. The average Bonchev–Trinajstić information content (AvgIpc) is 3.05. The van der Waals surface area contributed by atoms with Crippen LogP contribution in [-0.2, 0) is 25.8 Å². The second-order valence-electron chi connectivity index (χ2n) is 11.3. The van der Waals surface area contributed by atoms with Crippen LogP contribution in [0.15, 0.2) is 77.4 Å². The largest absolute Gasteiger partial charge is 0.672 e. The summed E-state index contributed by atoms with van der Waals surface area (Å²) < 4.78 is 0. The van der Waals surface area contributed by atoms with Crippen LogP contribution in [0, 0.1) is 29.7 Å². The predicted octanol–water partition coefficient (Wildman–Crippen LogP) is 9.60. The third kappa shape index (κ3) is 8.77. The van der Waals surface area contributed by atoms with Gasteiger partial charge in [0.15, 0.2) is 0 Å². The van der Waals surface area contributed by atoms with Crippen molar-refractivity contribution in [3.8, 4) is 11.1 Å². The molecule has 3 heteroatoms. The van der Waals surface area contributed by atoms with E-state index in [4.69, 9.17) is 5.73 Å². The van der Waals surface area contributed by atoms with Crippen molar-refractivity contribution in [2.24, 2.45) is 23.7 Å². The SMILES string of the molecule is CC1=[C-]C(C)C(C)=C1C.C[SiH]C.[Hf].[NH-]C12CC3CC(CC(C3)C1)C2.c1ccc(-c2ccccc2)cc1. The smallest absolute Gasteiger partial charge is 0.0213 e. The van der Waals surface area contributed by atoms with Crippen LogP contribution in [0.25, 0.3) is 16.9 Å². The molecule has 193 valence electrons. The van der Waals surface area contributed by atoms with Crippen LogP contribution in [0.5, 0.6) is 0 Å². The van der Waals surface area contributed by atoms with E-state index in [1.54, 1.807) is 0 Å². The van der Waals surface area contributed by atoms with Gasteiger partial charge in [-0.3, -0.25) is 6.08 Å². The van der Waals surface area contributed by atoms with Gasteiger partial charge in [-0.15, -0.1) is 12.5 Å². The van der Waals surface area contributed by atoms with Crippen molar-refractivity contribution in [3.05, 3.63) is 89.2 Å². The second kappa shape index (κ2) is 14.8. The van der Waals surface area contributed by atoms with Crippen molar-refractivity contribution in [1.29, 1.82) is 0 Å². The third-order valence-electron chi connectivity index (χ3n) is 8.16. The molecule has 1 unspecified atom stereocenters. The zero-order valence-electron chi connectivity index (χ0n) is 23.4. The van der Waals surface area contributed by atoms with Gasteiger partial charge in [0.25, 0.3) is 0 Å². The summed E-state index contributed by atoms with van der Waals surface area (Å²) in [4.78, 5) is 0. The predicted molar refractivity (Wildman–Crippen MR) is 156 cm³/mol. The van der Waals surface area contributed by atoms with Crippen molar-refractivity contribution >= 4 is 9.52 Å². The summed E-state index contributed by atoms with van der Waals surface area (Å²) in [6, 6.07) is 20.8. The van der Waals surface area contributed by atoms with E-state index in [1.165, 1.54) is 66.4 Å². The van der Waals surface area contributed by atoms with E-state index >= 15 is 0 Å². The molecule has 1 N–H and O–H groups in total. The normalized spacial score (nSPS) is 28.9. The van der Waals surface area contributed by atoms with Gasteiger partial charge in [0.05, 0.1) is 0 Å². The summed E-state index contributed by atoms with van der Waals surface area (Å²) in [5.41, 5.74) is 15.1.